The molecule has 1 atom stereocenters. The second kappa shape index (κ2) is 6.43. The number of nitrogens with one attached hydrogen (secondary N) is 1. The van der Waals surface area contributed by atoms with Crippen molar-refractivity contribution in [2.45, 2.75) is 57.6 Å². The molecule has 1 saturated carbocycles. The van der Waals surface area contributed by atoms with Gasteiger partial charge in [-0.15, -0.1) is 0 Å². The van der Waals surface area contributed by atoms with Crippen LogP contribution in [0, 0.1) is 6.92 Å². The Kier molecular flexibility index (Phi) is 5.07. The predicted octanol–water partition coefficient (Wildman–Crippen LogP) is 2.11. The first kappa shape index (κ1) is 15.8. The van der Waals surface area contributed by atoms with E-state index >= 15 is 0 Å². The van der Waals surface area contributed by atoms with Gasteiger partial charge in [0.1, 0.15) is 5.15 Å². The van der Waals surface area contributed by atoms with E-state index in [1.54, 1.807) is 4.68 Å². The maximum Gasteiger partial charge on any atom is 0.130 e. The largest absolute Gasteiger partial charge is 0.374 e. The summed E-state index contributed by atoms with van der Waals surface area (Å²) in [4.78, 5) is 0. The van der Waals surface area contributed by atoms with Crippen LogP contribution < -0.4 is 11.3 Å². The first-order valence-electron chi connectivity index (χ1n) is 7.32. The molecule has 5 nitrogen and oxygen atoms in total. The topological polar surface area (TPSA) is 65.1 Å². The molecule has 1 fully saturated rings. The van der Waals surface area contributed by atoms with E-state index in [0.717, 1.165) is 30.5 Å². The maximum absolute atomic E-state index is 6.34. The molecule has 3 N–H and O–H groups in total. The fraction of sp³-hybridized carbons (Fsp3) is 0.786. The third-order valence-electron chi connectivity index (χ3n) is 4.40. The Balaban J connectivity index is 2.23. The summed E-state index contributed by atoms with van der Waals surface area (Å²) in [5.41, 5.74) is 4.81. The monoisotopic (exact) mass is 300 g/mol. The van der Waals surface area contributed by atoms with E-state index in [4.69, 9.17) is 22.2 Å². The number of rotatable bonds is 6. The molecule has 1 aromatic heterocycles. The van der Waals surface area contributed by atoms with Crippen molar-refractivity contribution < 1.29 is 4.74 Å². The van der Waals surface area contributed by atoms with Crippen molar-refractivity contribution in [3.05, 3.63) is 16.4 Å². The van der Waals surface area contributed by atoms with E-state index in [2.05, 4.69) is 10.5 Å². The summed E-state index contributed by atoms with van der Waals surface area (Å²) < 4.78 is 7.80. The molecule has 20 heavy (non-hydrogen) atoms. The van der Waals surface area contributed by atoms with E-state index in [9.17, 15) is 0 Å². The molecule has 0 bridgehead atoms. The average molecular weight is 301 g/mol. The van der Waals surface area contributed by atoms with Gasteiger partial charge in [0, 0.05) is 19.2 Å². The number of aromatic nitrogens is 2. The minimum Gasteiger partial charge on any atom is -0.374 e. The molecule has 0 aromatic carbocycles. The van der Waals surface area contributed by atoms with Crippen LogP contribution in [0.25, 0.3) is 0 Å². The van der Waals surface area contributed by atoms with Gasteiger partial charge in [-0.25, -0.2) is 0 Å². The first-order chi connectivity index (χ1) is 9.54. The molecule has 0 amide bonds. The Morgan fingerprint density at radius 3 is 2.60 bits per heavy atom. The van der Waals surface area contributed by atoms with Crippen molar-refractivity contribution in [2.24, 2.45) is 12.9 Å². The molecule has 6 heteroatoms. The van der Waals surface area contributed by atoms with Gasteiger partial charge in [0.25, 0.3) is 0 Å². The Morgan fingerprint density at radius 2 is 2.15 bits per heavy atom. The number of halogens is 1. The maximum atomic E-state index is 6.34. The Hall–Kier alpha value is -0.620. The van der Waals surface area contributed by atoms with Crippen molar-refractivity contribution in [2.75, 3.05) is 6.61 Å². The third kappa shape index (κ3) is 2.86. The van der Waals surface area contributed by atoms with E-state index in [1.807, 2.05) is 20.9 Å². The van der Waals surface area contributed by atoms with Gasteiger partial charge < -0.3 is 4.74 Å². The lowest BCUT2D eigenvalue weighted by Crippen LogP contribution is -2.54. The van der Waals surface area contributed by atoms with Crippen molar-refractivity contribution >= 4 is 11.6 Å². The molecule has 1 heterocycles. The van der Waals surface area contributed by atoms with Crippen LogP contribution in [0.1, 0.15) is 43.9 Å². The molecule has 2 rings (SSSR count). The number of nitrogens with zero attached hydrogens (tertiary/aromatic N) is 2. The van der Waals surface area contributed by atoms with Gasteiger partial charge >= 0.3 is 0 Å². The lowest BCUT2D eigenvalue weighted by Gasteiger charge is -2.37. The number of hydrogen-bond acceptors (Lipinski definition) is 4. The zero-order valence-electron chi connectivity index (χ0n) is 12.6. The molecule has 0 spiro atoms. The zero-order valence-corrected chi connectivity index (χ0v) is 13.3. The van der Waals surface area contributed by atoms with Crippen LogP contribution in [0.15, 0.2) is 0 Å². The number of nitrogens with two attached hydrogens (primary N) is 1. The summed E-state index contributed by atoms with van der Waals surface area (Å²) in [7, 11) is 1.86. The zero-order chi connectivity index (χ0) is 14.8. The van der Waals surface area contributed by atoms with Crippen LogP contribution in [-0.4, -0.2) is 28.0 Å². The average Bonchev–Trinajstić information content (AvgIpc) is 2.96. The van der Waals surface area contributed by atoms with Gasteiger partial charge in [-0.2, -0.15) is 5.10 Å². The second-order valence-corrected chi connectivity index (χ2v) is 5.96. The van der Waals surface area contributed by atoms with E-state index in [0.29, 0.717) is 11.8 Å². The highest BCUT2D eigenvalue weighted by Crippen LogP contribution is 2.38. The molecular weight excluding hydrogens is 276 g/mol. The Morgan fingerprint density at radius 1 is 1.50 bits per heavy atom. The molecule has 1 aliphatic rings. The van der Waals surface area contributed by atoms with Gasteiger partial charge in [-0.1, -0.05) is 24.4 Å². The minimum atomic E-state index is -0.172. The van der Waals surface area contributed by atoms with Crippen LogP contribution in [0.4, 0.5) is 0 Å². The quantitative estimate of drug-likeness (QED) is 0.624. The van der Waals surface area contributed by atoms with Crippen molar-refractivity contribution in [3.8, 4) is 0 Å². The predicted molar refractivity (Wildman–Crippen MR) is 80.6 cm³/mol. The molecule has 1 aliphatic carbocycles. The molecule has 0 saturated heterocycles. The molecule has 1 unspecified atom stereocenters. The molecular formula is C14H25ClN4O. The highest BCUT2D eigenvalue weighted by atomic mass is 35.5. The summed E-state index contributed by atoms with van der Waals surface area (Å²) in [6, 6.07) is 0.0605. The van der Waals surface area contributed by atoms with Crippen LogP contribution >= 0.6 is 11.6 Å². The minimum absolute atomic E-state index is 0.0605. The summed E-state index contributed by atoms with van der Waals surface area (Å²) in [5.74, 6) is 5.82. The SMILES string of the molecule is CCOC1(C(Cc2c(C)nn(C)c2Cl)NN)CCCC1. The number of hydrazine groups is 1. The second-order valence-electron chi connectivity index (χ2n) is 5.61. The number of hydrogen-bond donors (Lipinski definition) is 2. The van der Waals surface area contributed by atoms with Crippen LogP contribution in [0.5, 0.6) is 0 Å². The first-order valence-corrected chi connectivity index (χ1v) is 7.70. The van der Waals surface area contributed by atoms with Crippen molar-refractivity contribution in [1.29, 1.82) is 0 Å². The van der Waals surface area contributed by atoms with Gasteiger partial charge in [-0.3, -0.25) is 16.0 Å². The summed E-state index contributed by atoms with van der Waals surface area (Å²) >= 11 is 6.34. The molecule has 1 aromatic rings. The fourth-order valence-corrected chi connectivity index (χ4v) is 3.61. The lowest BCUT2D eigenvalue weighted by atomic mass is 9.87. The van der Waals surface area contributed by atoms with Crippen LogP contribution in [-0.2, 0) is 18.2 Å². The third-order valence-corrected chi connectivity index (χ3v) is 4.87. The summed E-state index contributed by atoms with van der Waals surface area (Å²) in [6.07, 6.45) is 5.23. The lowest BCUT2D eigenvalue weighted by molar-refractivity contribution is -0.0613. The van der Waals surface area contributed by atoms with Gasteiger partial charge in [0.2, 0.25) is 0 Å². The fourth-order valence-electron chi connectivity index (χ4n) is 3.36. The highest BCUT2D eigenvalue weighted by molar-refractivity contribution is 6.30. The molecule has 0 aliphatic heterocycles. The number of aryl methyl sites for hydroxylation is 2. The van der Waals surface area contributed by atoms with E-state index in [1.165, 1.54) is 12.8 Å². The van der Waals surface area contributed by atoms with Crippen molar-refractivity contribution in [3.63, 3.8) is 0 Å². The standard InChI is InChI=1S/C14H25ClN4O/c1-4-20-14(7-5-6-8-14)12(17-16)9-11-10(2)18-19(3)13(11)15/h12,17H,4-9,16H2,1-3H3. The summed E-state index contributed by atoms with van der Waals surface area (Å²) in [6.45, 7) is 4.73. The van der Waals surface area contributed by atoms with E-state index < -0.39 is 0 Å². The van der Waals surface area contributed by atoms with Gasteiger partial charge in [0.15, 0.2) is 0 Å². The van der Waals surface area contributed by atoms with Crippen LogP contribution in [0.2, 0.25) is 5.15 Å². The molecule has 114 valence electrons. The molecule has 0 radical (unpaired) electrons. The smallest absolute Gasteiger partial charge is 0.130 e. The van der Waals surface area contributed by atoms with Crippen LogP contribution in [0.3, 0.4) is 0 Å². The number of ether oxygens (including phenoxy) is 1. The van der Waals surface area contributed by atoms with Gasteiger partial charge in [-0.05, 0) is 33.1 Å². The van der Waals surface area contributed by atoms with E-state index in [-0.39, 0.29) is 11.6 Å². The Labute approximate surface area is 125 Å². The van der Waals surface area contributed by atoms with Gasteiger partial charge in [0.05, 0.1) is 17.3 Å². The summed E-state index contributed by atoms with van der Waals surface area (Å²) in [5, 5.41) is 5.06. The van der Waals surface area contributed by atoms with Crippen molar-refractivity contribution in [1.82, 2.24) is 15.2 Å². The Bertz CT molecular complexity index is 454. The normalized spacial score (nSPS) is 19.4. The highest BCUT2D eigenvalue weighted by Gasteiger charge is 2.42.